The first-order valence-electron chi connectivity index (χ1n) is 5.64. The molecule has 1 rings (SSSR count). The van der Waals surface area contributed by atoms with Gasteiger partial charge in [-0.05, 0) is 33.2 Å². The van der Waals surface area contributed by atoms with Gasteiger partial charge >= 0.3 is 0 Å². The lowest BCUT2D eigenvalue weighted by Gasteiger charge is -2.31. The third-order valence-corrected chi connectivity index (χ3v) is 3.00. The number of carbonyl (C=O) groups excluding carboxylic acids is 1. The molecule has 1 atom stereocenters. The van der Waals surface area contributed by atoms with Crippen molar-refractivity contribution in [2.75, 3.05) is 6.54 Å². The van der Waals surface area contributed by atoms with E-state index in [0.29, 0.717) is 11.8 Å². The van der Waals surface area contributed by atoms with E-state index in [2.05, 4.69) is 18.7 Å². The fourth-order valence-electron chi connectivity index (χ4n) is 2.19. The molecule has 1 heterocycles. The second-order valence-electron chi connectivity index (χ2n) is 5.60. The summed E-state index contributed by atoms with van der Waals surface area (Å²) >= 11 is 0. The SMILES string of the molecule is CC(C)N1CCCC1C(=O)C(C)(C)C. The van der Waals surface area contributed by atoms with Crippen molar-refractivity contribution in [3.05, 3.63) is 0 Å². The topological polar surface area (TPSA) is 20.3 Å². The fraction of sp³-hybridized carbons (Fsp3) is 0.917. The monoisotopic (exact) mass is 197 g/mol. The first-order chi connectivity index (χ1) is 6.34. The fourth-order valence-corrected chi connectivity index (χ4v) is 2.19. The third kappa shape index (κ3) is 2.35. The molecule has 0 aliphatic carbocycles. The van der Waals surface area contributed by atoms with Crippen LogP contribution < -0.4 is 0 Å². The Morgan fingerprint density at radius 3 is 2.36 bits per heavy atom. The molecule has 0 bridgehead atoms. The Hall–Kier alpha value is -0.370. The second-order valence-corrected chi connectivity index (χ2v) is 5.60. The van der Waals surface area contributed by atoms with E-state index in [1.807, 2.05) is 20.8 Å². The lowest BCUT2D eigenvalue weighted by atomic mass is 9.85. The summed E-state index contributed by atoms with van der Waals surface area (Å²) in [6.45, 7) is 11.5. The molecule has 0 aromatic carbocycles. The average Bonchev–Trinajstić information content (AvgIpc) is 2.48. The zero-order valence-corrected chi connectivity index (χ0v) is 10.1. The Kier molecular flexibility index (Phi) is 3.36. The molecule has 2 nitrogen and oxygen atoms in total. The van der Waals surface area contributed by atoms with E-state index in [9.17, 15) is 4.79 Å². The summed E-state index contributed by atoms with van der Waals surface area (Å²) in [7, 11) is 0. The van der Waals surface area contributed by atoms with Gasteiger partial charge in [0, 0.05) is 11.5 Å². The molecule has 0 saturated carbocycles. The van der Waals surface area contributed by atoms with Gasteiger partial charge in [0.05, 0.1) is 6.04 Å². The van der Waals surface area contributed by atoms with Gasteiger partial charge in [-0.25, -0.2) is 0 Å². The summed E-state index contributed by atoms with van der Waals surface area (Å²) in [6.07, 6.45) is 2.22. The van der Waals surface area contributed by atoms with Crippen LogP contribution in [0.3, 0.4) is 0 Å². The van der Waals surface area contributed by atoms with Gasteiger partial charge in [0.25, 0.3) is 0 Å². The molecular weight excluding hydrogens is 174 g/mol. The predicted octanol–water partition coefficient (Wildman–Crippen LogP) is 2.47. The summed E-state index contributed by atoms with van der Waals surface area (Å²) in [5.41, 5.74) is -0.192. The first-order valence-corrected chi connectivity index (χ1v) is 5.64. The smallest absolute Gasteiger partial charge is 0.155 e. The number of carbonyl (C=O) groups is 1. The standard InChI is InChI=1S/C12H23NO/c1-9(2)13-8-6-7-10(13)11(14)12(3,4)5/h9-10H,6-8H2,1-5H3. The summed E-state index contributed by atoms with van der Waals surface area (Å²) in [5, 5.41) is 0. The van der Waals surface area contributed by atoms with Crippen LogP contribution in [0, 0.1) is 5.41 Å². The summed E-state index contributed by atoms with van der Waals surface area (Å²) in [6, 6.07) is 0.670. The zero-order chi connectivity index (χ0) is 10.9. The van der Waals surface area contributed by atoms with E-state index in [1.165, 1.54) is 6.42 Å². The lowest BCUT2D eigenvalue weighted by molar-refractivity contribution is -0.131. The van der Waals surface area contributed by atoms with Gasteiger partial charge in [-0.1, -0.05) is 20.8 Å². The molecule has 0 aromatic heterocycles. The molecule has 0 radical (unpaired) electrons. The predicted molar refractivity (Wildman–Crippen MR) is 59.3 cm³/mol. The van der Waals surface area contributed by atoms with Crippen molar-refractivity contribution < 1.29 is 4.79 Å². The maximum absolute atomic E-state index is 12.1. The molecule has 14 heavy (non-hydrogen) atoms. The van der Waals surface area contributed by atoms with Crippen LogP contribution in [0.4, 0.5) is 0 Å². The molecule has 0 amide bonds. The van der Waals surface area contributed by atoms with Crippen LogP contribution in [0.5, 0.6) is 0 Å². The maximum Gasteiger partial charge on any atom is 0.155 e. The lowest BCUT2D eigenvalue weighted by Crippen LogP contribution is -2.44. The van der Waals surface area contributed by atoms with Gasteiger partial charge < -0.3 is 0 Å². The number of hydrogen-bond donors (Lipinski definition) is 0. The van der Waals surface area contributed by atoms with E-state index in [-0.39, 0.29) is 11.5 Å². The Balaban J connectivity index is 2.72. The highest BCUT2D eigenvalue weighted by atomic mass is 16.1. The number of rotatable bonds is 2. The molecule has 1 aliphatic heterocycles. The number of ketones is 1. The minimum absolute atomic E-state index is 0.176. The number of hydrogen-bond acceptors (Lipinski definition) is 2. The van der Waals surface area contributed by atoms with Gasteiger partial charge in [0.1, 0.15) is 0 Å². The van der Waals surface area contributed by atoms with Crippen LogP contribution in [-0.2, 0) is 4.79 Å². The maximum atomic E-state index is 12.1. The quantitative estimate of drug-likeness (QED) is 0.678. The molecule has 1 saturated heterocycles. The Labute approximate surface area is 87.7 Å². The molecule has 2 heteroatoms. The number of Topliss-reactive ketones (excluding diaryl/α,β-unsaturated/α-hetero) is 1. The molecule has 0 N–H and O–H groups in total. The third-order valence-electron chi connectivity index (χ3n) is 3.00. The van der Waals surface area contributed by atoms with Crippen LogP contribution in [0.25, 0.3) is 0 Å². The summed E-state index contributed by atoms with van der Waals surface area (Å²) < 4.78 is 0. The van der Waals surface area contributed by atoms with Gasteiger partial charge in [-0.3, -0.25) is 9.69 Å². The van der Waals surface area contributed by atoms with Crippen molar-refractivity contribution in [2.24, 2.45) is 5.41 Å². The van der Waals surface area contributed by atoms with Crippen LogP contribution in [-0.4, -0.2) is 29.3 Å². The van der Waals surface area contributed by atoms with E-state index >= 15 is 0 Å². The molecule has 1 aliphatic rings. The van der Waals surface area contributed by atoms with Gasteiger partial charge in [0.15, 0.2) is 5.78 Å². The van der Waals surface area contributed by atoms with Crippen molar-refractivity contribution in [3.8, 4) is 0 Å². The van der Waals surface area contributed by atoms with E-state index in [1.54, 1.807) is 0 Å². The Morgan fingerprint density at radius 2 is 1.93 bits per heavy atom. The number of nitrogens with zero attached hydrogens (tertiary/aromatic N) is 1. The van der Waals surface area contributed by atoms with E-state index < -0.39 is 0 Å². The van der Waals surface area contributed by atoms with Crippen LogP contribution >= 0.6 is 0 Å². The molecule has 1 fully saturated rings. The van der Waals surface area contributed by atoms with Crippen LogP contribution in [0.1, 0.15) is 47.5 Å². The van der Waals surface area contributed by atoms with E-state index in [0.717, 1.165) is 13.0 Å². The Morgan fingerprint density at radius 1 is 1.36 bits per heavy atom. The van der Waals surface area contributed by atoms with Crippen molar-refractivity contribution in [1.29, 1.82) is 0 Å². The van der Waals surface area contributed by atoms with Gasteiger partial charge in [0.2, 0.25) is 0 Å². The van der Waals surface area contributed by atoms with Crippen molar-refractivity contribution in [1.82, 2.24) is 4.90 Å². The average molecular weight is 197 g/mol. The summed E-state index contributed by atoms with van der Waals surface area (Å²) in [5.74, 6) is 0.406. The summed E-state index contributed by atoms with van der Waals surface area (Å²) in [4.78, 5) is 14.5. The van der Waals surface area contributed by atoms with Gasteiger partial charge in [-0.15, -0.1) is 0 Å². The molecular formula is C12H23NO. The first kappa shape index (κ1) is 11.7. The highest BCUT2D eigenvalue weighted by Crippen LogP contribution is 2.27. The molecule has 0 spiro atoms. The molecule has 0 aromatic rings. The highest BCUT2D eigenvalue weighted by molar-refractivity contribution is 5.89. The van der Waals surface area contributed by atoms with Gasteiger partial charge in [-0.2, -0.15) is 0 Å². The zero-order valence-electron chi connectivity index (χ0n) is 10.1. The van der Waals surface area contributed by atoms with E-state index in [4.69, 9.17) is 0 Å². The Bertz CT molecular complexity index is 215. The van der Waals surface area contributed by atoms with Crippen molar-refractivity contribution in [2.45, 2.75) is 59.5 Å². The van der Waals surface area contributed by atoms with Crippen molar-refractivity contribution in [3.63, 3.8) is 0 Å². The van der Waals surface area contributed by atoms with Crippen molar-refractivity contribution >= 4 is 5.78 Å². The number of likely N-dealkylation sites (tertiary alicyclic amines) is 1. The molecule has 1 unspecified atom stereocenters. The minimum atomic E-state index is -0.192. The largest absolute Gasteiger partial charge is 0.297 e. The van der Waals surface area contributed by atoms with Crippen LogP contribution in [0.2, 0.25) is 0 Å². The minimum Gasteiger partial charge on any atom is -0.297 e. The second kappa shape index (κ2) is 4.01. The normalized spacial score (nSPS) is 24.6. The highest BCUT2D eigenvalue weighted by Gasteiger charge is 2.37. The molecule has 82 valence electrons. The van der Waals surface area contributed by atoms with Crippen LogP contribution in [0.15, 0.2) is 0 Å².